The van der Waals surface area contributed by atoms with Crippen LogP contribution in [-0.4, -0.2) is 20.2 Å². The van der Waals surface area contributed by atoms with Gasteiger partial charge in [-0.3, -0.25) is 0 Å². The number of nitrogens with zero attached hydrogens (tertiary/aromatic N) is 4. The van der Waals surface area contributed by atoms with Gasteiger partial charge in [0.05, 0.1) is 11.7 Å². The van der Waals surface area contributed by atoms with Gasteiger partial charge in [-0.1, -0.05) is 31.5 Å². The summed E-state index contributed by atoms with van der Waals surface area (Å²) in [7, 11) is 0. The van der Waals surface area contributed by atoms with Crippen molar-refractivity contribution in [2.45, 2.75) is 32.7 Å². The summed E-state index contributed by atoms with van der Waals surface area (Å²) >= 11 is 0. The minimum Gasteiger partial charge on any atom is -0.321 e. The summed E-state index contributed by atoms with van der Waals surface area (Å²) in [6.07, 6.45) is 2.10. The lowest BCUT2D eigenvalue weighted by molar-refractivity contribution is 0.683. The van der Waals surface area contributed by atoms with Gasteiger partial charge in [-0.2, -0.15) is 4.68 Å². The molecule has 5 heteroatoms. The minimum atomic E-state index is -0.181. The van der Waals surface area contributed by atoms with Gasteiger partial charge in [-0.05, 0) is 35.4 Å². The summed E-state index contributed by atoms with van der Waals surface area (Å²) in [5.41, 5.74) is 8.12. The standard InChI is InChI=1S/C12H17N5/c1-3-6-10-7-4-5-8-11(10)17-12(9(2)13)14-15-16-17/h4-5,7-9H,3,6,13H2,1-2H3. The second-order valence-corrected chi connectivity index (χ2v) is 4.12. The molecule has 2 aromatic rings. The van der Waals surface area contributed by atoms with Crippen LogP contribution in [0.1, 0.15) is 37.7 Å². The van der Waals surface area contributed by atoms with Crippen LogP contribution >= 0.6 is 0 Å². The molecule has 5 nitrogen and oxygen atoms in total. The minimum absolute atomic E-state index is 0.181. The third kappa shape index (κ3) is 2.34. The first-order valence-electron chi connectivity index (χ1n) is 5.86. The Labute approximate surface area is 101 Å². The maximum Gasteiger partial charge on any atom is 0.173 e. The molecule has 0 radical (unpaired) electrons. The number of tetrazole rings is 1. The lowest BCUT2D eigenvalue weighted by Crippen LogP contribution is -2.14. The summed E-state index contributed by atoms with van der Waals surface area (Å²) in [5, 5.41) is 11.7. The quantitative estimate of drug-likeness (QED) is 0.868. The molecule has 2 rings (SSSR count). The molecule has 0 aliphatic rings. The Morgan fingerprint density at radius 2 is 2.12 bits per heavy atom. The summed E-state index contributed by atoms with van der Waals surface area (Å²) in [5.74, 6) is 0.688. The lowest BCUT2D eigenvalue weighted by atomic mass is 10.1. The van der Waals surface area contributed by atoms with Crippen LogP contribution < -0.4 is 5.73 Å². The van der Waals surface area contributed by atoms with Gasteiger partial charge in [-0.25, -0.2) is 0 Å². The molecule has 0 spiro atoms. The van der Waals surface area contributed by atoms with E-state index in [2.05, 4.69) is 28.5 Å². The van der Waals surface area contributed by atoms with E-state index in [0.29, 0.717) is 5.82 Å². The number of hydrogen-bond acceptors (Lipinski definition) is 4. The van der Waals surface area contributed by atoms with Gasteiger partial charge in [0, 0.05) is 0 Å². The first kappa shape index (κ1) is 11.7. The van der Waals surface area contributed by atoms with Crippen LogP contribution in [0, 0.1) is 0 Å². The van der Waals surface area contributed by atoms with E-state index in [1.807, 2.05) is 25.1 Å². The second-order valence-electron chi connectivity index (χ2n) is 4.12. The smallest absolute Gasteiger partial charge is 0.173 e. The molecule has 0 aliphatic carbocycles. The van der Waals surface area contributed by atoms with E-state index in [1.54, 1.807) is 4.68 Å². The molecule has 0 aliphatic heterocycles. The van der Waals surface area contributed by atoms with Gasteiger partial charge in [0.15, 0.2) is 5.82 Å². The van der Waals surface area contributed by atoms with Crippen LogP contribution in [-0.2, 0) is 6.42 Å². The highest BCUT2D eigenvalue weighted by Crippen LogP contribution is 2.18. The highest BCUT2D eigenvalue weighted by Gasteiger charge is 2.14. The van der Waals surface area contributed by atoms with Crippen LogP contribution in [0.15, 0.2) is 24.3 Å². The van der Waals surface area contributed by atoms with Crippen LogP contribution in [0.3, 0.4) is 0 Å². The molecular formula is C12H17N5. The second kappa shape index (κ2) is 5.05. The normalized spacial score (nSPS) is 12.6. The molecule has 0 saturated carbocycles. The third-order valence-corrected chi connectivity index (χ3v) is 2.64. The fourth-order valence-corrected chi connectivity index (χ4v) is 1.85. The van der Waals surface area contributed by atoms with Crippen molar-refractivity contribution in [3.8, 4) is 5.69 Å². The molecule has 0 fully saturated rings. The van der Waals surface area contributed by atoms with E-state index in [0.717, 1.165) is 18.5 Å². The maximum absolute atomic E-state index is 5.86. The molecular weight excluding hydrogens is 214 g/mol. The van der Waals surface area contributed by atoms with Crippen molar-refractivity contribution in [3.05, 3.63) is 35.7 Å². The molecule has 0 saturated heterocycles. The predicted molar refractivity (Wildman–Crippen MR) is 65.8 cm³/mol. The van der Waals surface area contributed by atoms with Crippen LogP contribution in [0.5, 0.6) is 0 Å². The zero-order chi connectivity index (χ0) is 12.3. The third-order valence-electron chi connectivity index (χ3n) is 2.64. The van der Waals surface area contributed by atoms with Crippen molar-refractivity contribution in [2.24, 2.45) is 5.73 Å². The van der Waals surface area contributed by atoms with Crippen LogP contribution in [0.2, 0.25) is 0 Å². The number of aromatic nitrogens is 4. The van der Waals surface area contributed by atoms with Crippen molar-refractivity contribution in [2.75, 3.05) is 0 Å². The zero-order valence-corrected chi connectivity index (χ0v) is 10.2. The average Bonchev–Trinajstić information content (AvgIpc) is 2.79. The van der Waals surface area contributed by atoms with Crippen LogP contribution in [0.4, 0.5) is 0 Å². The van der Waals surface area contributed by atoms with Gasteiger partial charge in [0.1, 0.15) is 0 Å². The fraction of sp³-hybridized carbons (Fsp3) is 0.417. The van der Waals surface area contributed by atoms with E-state index in [4.69, 9.17) is 5.73 Å². The number of para-hydroxylation sites is 1. The largest absolute Gasteiger partial charge is 0.321 e. The molecule has 1 unspecified atom stereocenters. The Balaban J connectivity index is 2.48. The molecule has 0 bridgehead atoms. The van der Waals surface area contributed by atoms with Crippen molar-refractivity contribution in [1.29, 1.82) is 0 Å². The summed E-state index contributed by atoms with van der Waals surface area (Å²) in [6.45, 7) is 4.04. The van der Waals surface area contributed by atoms with Crippen LogP contribution in [0.25, 0.3) is 5.69 Å². The zero-order valence-electron chi connectivity index (χ0n) is 10.2. The topological polar surface area (TPSA) is 69.6 Å². The summed E-state index contributed by atoms with van der Waals surface area (Å²) < 4.78 is 1.73. The van der Waals surface area contributed by atoms with E-state index in [9.17, 15) is 0 Å². The predicted octanol–water partition coefficient (Wildman–Crippen LogP) is 1.63. The van der Waals surface area contributed by atoms with Gasteiger partial charge in [0.25, 0.3) is 0 Å². The van der Waals surface area contributed by atoms with Gasteiger partial charge in [0.2, 0.25) is 0 Å². The van der Waals surface area contributed by atoms with Gasteiger partial charge < -0.3 is 5.73 Å². The Kier molecular flexibility index (Phi) is 3.49. The Hall–Kier alpha value is -1.75. The number of nitrogens with two attached hydrogens (primary N) is 1. The van der Waals surface area contributed by atoms with E-state index in [1.165, 1.54) is 5.56 Å². The maximum atomic E-state index is 5.86. The van der Waals surface area contributed by atoms with Crippen molar-refractivity contribution < 1.29 is 0 Å². The molecule has 1 aromatic heterocycles. The van der Waals surface area contributed by atoms with Gasteiger partial charge in [-0.15, -0.1) is 5.10 Å². The molecule has 0 amide bonds. The number of aryl methyl sites for hydroxylation is 1. The number of hydrogen-bond donors (Lipinski definition) is 1. The Morgan fingerprint density at radius 3 is 2.82 bits per heavy atom. The number of rotatable bonds is 4. The van der Waals surface area contributed by atoms with Crippen molar-refractivity contribution in [1.82, 2.24) is 20.2 Å². The first-order chi connectivity index (χ1) is 8.24. The van der Waals surface area contributed by atoms with E-state index in [-0.39, 0.29) is 6.04 Å². The SMILES string of the molecule is CCCc1ccccc1-n1nnnc1C(C)N. The fourth-order valence-electron chi connectivity index (χ4n) is 1.85. The molecule has 2 N–H and O–H groups in total. The molecule has 1 heterocycles. The highest BCUT2D eigenvalue weighted by atomic mass is 15.5. The molecule has 1 atom stereocenters. The highest BCUT2D eigenvalue weighted by molar-refractivity contribution is 5.40. The number of benzene rings is 1. The lowest BCUT2D eigenvalue weighted by Gasteiger charge is -2.11. The molecule has 1 aromatic carbocycles. The first-order valence-corrected chi connectivity index (χ1v) is 5.86. The monoisotopic (exact) mass is 231 g/mol. The Morgan fingerprint density at radius 1 is 1.35 bits per heavy atom. The Bertz CT molecular complexity index is 489. The van der Waals surface area contributed by atoms with Crippen molar-refractivity contribution >= 4 is 0 Å². The van der Waals surface area contributed by atoms with Crippen molar-refractivity contribution in [3.63, 3.8) is 0 Å². The van der Waals surface area contributed by atoms with E-state index < -0.39 is 0 Å². The molecule has 90 valence electrons. The van der Waals surface area contributed by atoms with E-state index >= 15 is 0 Å². The average molecular weight is 231 g/mol. The molecule has 17 heavy (non-hydrogen) atoms. The summed E-state index contributed by atoms with van der Waals surface area (Å²) in [4.78, 5) is 0. The summed E-state index contributed by atoms with van der Waals surface area (Å²) in [6, 6.07) is 7.96. The van der Waals surface area contributed by atoms with Gasteiger partial charge >= 0.3 is 0 Å².